The minimum atomic E-state index is 0.238. The molecular formula is C14H24N2. The topological polar surface area (TPSA) is 15.3 Å². The fourth-order valence-corrected chi connectivity index (χ4v) is 1.51. The third-order valence-electron chi connectivity index (χ3n) is 2.64. The van der Waals surface area contributed by atoms with Gasteiger partial charge in [0, 0.05) is 18.8 Å². The van der Waals surface area contributed by atoms with Gasteiger partial charge in [-0.2, -0.15) is 0 Å². The van der Waals surface area contributed by atoms with Gasteiger partial charge in [-0.1, -0.05) is 32.9 Å². The average molecular weight is 220 g/mol. The number of benzene rings is 1. The number of likely N-dealkylation sites (N-methyl/N-ethyl adjacent to an activating group) is 1. The molecule has 2 heteroatoms. The molecule has 0 unspecified atom stereocenters. The first kappa shape index (κ1) is 13.0. The third kappa shape index (κ3) is 4.23. The predicted molar refractivity (Wildman–Crippen MR) is 72.2 cm³/mol. The van der Waals surface area contributed by atoms with Crippen LogP contribution < -0.4 is 5.32 Å². The molecule has 0 aliphatic carbocycles. The lowest BCUT2D eigenvalue weighted by atomic mass is 9.87. The van der Waals surface area contributed by atoms with E-state index in [0.29, 0.717) is 0 Å². The van der Waals surface area contributed by atoms with Gasteiger partial charge >= 0.3 is 0 Å². The van der Waals surface area contributed by atoms with Crippen molar-refractivity contribution in [1.82, 2.24) is 4.90 Å². The van der Waals surface area contributed by atoms with Gasteiger partial charge in [0.15, 0.2) is 0 Å². The van der Waals surface area contributed by atoms with Crippen molar-refractivity contribution in [2.75, 3.05) is 32.5 Å². The SMILES string of the molecule is CN(C)CCNc1ccc(C(C)(C)C)cc1. The molecule has 1 aromatic rings. The number of anilines is 1. The fourth-order valence-electron chi connectivity index (χ4n) is 1.51. The molecule has 0 aromatic heterocycles. The van der Waals surface area contributed by atoms with Gasteiger partial charge in [-0.3, -0.25) is 0 Å². The number of hydrogen-bond donors (Lipinski definition) is 1. The molecule has 0 aliphatic heterocycles. The van der Waals surface area contributed by atoms with E-state index in [1.165, 1.54) is 11.3 Å². The summed E-state index contributed by atoms with van der Waals surface area (Å²) in [6.45, 7) is 8.76. The largest absolute Gasteiger partial charge is 0.384 e. The maximum Gasteiger partial charge on any atom is 0.0340 e. The first-order valence-corrected chi connectivity index (χ1v) is 5.89. The van der Waals surface area contributed by atoms with Crippen LogP contribution in [0, 0.1) is 0 Å². The minimum Gasteiger partial charge on any atom is -0.384 e. The zero-order chi connectivity index (χ0) is 12.2. The quantitative estimate of drug-likeness (QED) is 0.839. The Morgan fingerprint density at radius 1 is 1.06 bits per heavy atom. The molecule has 16 heavy (non-hydrogen) atoms. The van der Waals surface area contributed by atoms with Gasteiger partial charge in [0.05, 0.1) is 0 Å². The summed E-state index contributed by atoms with van der Waals surface area (Å²) >= 11 is 0. The molecule has 0 fully saturated rings. The van der Waals surface area contributed by atoms with E-state index < -0.39 is 0 Å². The van der Waals surface area contributed by atoms with E-state index in [2.05, 4.69) is 69.3 Å². The predicted octanol–water partition coefficient (Wildman–Crippen LogP) is 2.96. The minimum absolute atomic E-state index is 0.238. The summed E-state index contributed by atoms with van der Waals surface area (Å²) in [4.78, 5) is 2.18. The summed E-state index contributed by atoms with van der Waals surface area (Å²) in [5.41, 5.74) is 2.82. The van der Waals surface area contributed by atoms with Crippen molar-refractivity contribution in [3.05, 3.63) is 29.8 Å². The second kappa shape index (κ2) is 5.35. The molecule has 0 radical (unpaired) electrons. The average Bonchev–Trinajstić information content (AvgIpc) is 2.16. The second-order valence-corrected chi connectivity index (χ2v) is 5.56. The molecule has 2 nitrogen and oxygen atoms in total. The van der Waals surface area contributed by atoms with Crippen molar-refractivity contribution in [2.45, 2.75) is 26.2 Å². The van der Waals surface area contributed by atoms with E-state index in [0.717, 1.165) is 13.1 Å². The van der Waals surface area contributed by atoms with Crippen LogP contribution in [0.15, 0.2) is 24.3 Å². The van der Waals surface area contributed by atoms with Crippen LogP contribution >= 0.6 is 0 Å². The number of hydrogen-bond acceptors (Lipinski definition) is 2. The highest BCUT2D eigenvalue weighted by molar-refractivity contribution is 5.45. The Labute approximate surface area is 99.7 Å². The van der Waals surface area contributed by atoms with E-state index in [9.17, 15) is 0 Å². The van der Waals surface area contributed by atoms with Crippen LogP contribution in [-0.4, -0.2) is 32.1 Å². The van der Waals surface area contributed by atoms with Gasteiger partial charge in [0.25, 0.3) is 0 Å². The molecule has 0 bridgehead atoms. The lowest BCUT2D eigenvalue weighted by Gasteiger charge is -2.19. The van der Waals surface area contributed by atoms with Crippen LogP contribution in [-0.2, 0) is 5.41 Å². The Balaban J connectivity index is 2.52. The van der Waals surface area contributed by atoms with E-state index in [4.69, 9.17) is 0 Å². The van der Waals surface area contributed by atoms with Gasteiger partial charge in [-0.25, -0.2) is 0 Å². The van der Waals surface area contributed by atoms with Gasteiger partial charge in [0.2, 0.25) is 0 Å². The van der Waals surface area contributed by atoms with Crippen molar-refractivity contribution in [3.63, 3.8) is 0 Å². The summed E-state index contributed by atoms with van der Waals surface area (Å²) in [5.74, 6) is 0. The molecule has 0 saturated heterocycles. The van der Waals surface area contributed by atoms with Gasteiger partial charge in [0.1, 0.15) is 0 Å². The van der Waals surface area contributed by atoms with Crippen LogP contribution in [0.25, 0.3) is 0 Å². The smallest absolute Gasteiger partial charge is 0.0340 e. The van der Waals surface area contributed by atoms with Crippen molar-refractivity contribution >= 4 is 5.69 Å². The zero-order valence-corrected chi connectivity index (χ0v) is 11.2. The molecule has 1 N–H and O–H groups in total. The summed E-state index contributed by atoms with van der Waals surface area (Å²) in [6, 6.07) is 8.74. The molecule has 0 heterocycles. The van der Waals surface area contributed by atoms with Crippen LogP contribution in [0.1, 0.15) is 26.3 Å². The highest BCUT2D eigenvalue weighted by atomic mass is 15.1. The summed E-state index contributed by atoms with van der Waals surface area (Å²) in [6.07, 6.45) is 0. The Hall–Kier alpha value is -1.02. The molecule has 90 valence electrons. The van der Waals surface area contributed by atoms with Crippen LogP contribution in [0.2, 0.25) is 0 Å². The van der Waals surface area contributed by atoms with Crippen LogP contribution in [0.3, 0.4) is 0 Å². The first-order valence-electron chi connectivity index (χ1n) is 5.89. The Morgan fingerprint density at radius 3 is 2.06 bits per heavy atom. The molecule has 0 amide bonds. The summed E-state index contributed by atoms with van der Waals surface area (Å²) < 4.78 is 0. The summed E-state index contributed by atoms with van der Waals surface area (Å²) in [5, 5.41) is 3.41. The van der Waals surface area contributed by atoms with E-state index in [1.54, 1.807) is 0 Å². The molecule has 0 spiro atoms. The third-order valence-corrected chi connectivity index (χ3v) is 2.64. The second-order valence-electron chi connectivity index (χ2n) is 5.56. The number of rotatable bonds is 4. The summed E-state index contributed by atoms with van der Waals surface area (Å²) in [7, 11) is 4.18. The maximum absolute atomic E-state index is 3.41. The molecule has 0 atom stereocenters. The molecular weight excluding hydrogens is 196 g/mol. The van der Waals surface area contributed by atoms with Gasteiger partial charge in [-0.05, 0) is 37.2 Å². The Bertz CT molecular complexity index is 307. The van der Waals surface area contributed by atoms with Crippen molar-refractivity contribution < 1.29 is 0 Å². The zero-order valence-electron chi connectivity index (χ0n) is 11.2. The highest BCUT2D eigenvalue weighted by Gasteiger charge is 2.12. The monoisotopic (exact) mass is 220 g/mol. The van der Waals surface area contributed by atoms with Gasteiger partial charge in [-0.15, -0.1) is 0 Å². The number of nitrogens with one attached hydrogen (secondary N) is 1. The highest BCUT2D eigenvalue weighted by Crippen LogP contribution is 2.23. The van der Waals surface area contributed by atoms with Crippen LogP contribution in [0.5, 0.6) is 0 Å². The molecule has 1 aromatic carbocycles. The van der Waals surface area contributed by atoms with Crippen molar-refractivity contribution in [2.24, 2.45) is 0 Å². The molecule has 1 rings (SSSR count). The Kier molecular flexibility index (Phi) is 4.36. The lowest BCUT2D eigenvalue weighted by molar-refractivity contribution is 0.425. The van der Waals surface area contributed by atoms with E-state index in [1.807, 2.05) is 0 Å². The standard InChI is InChI=1S/C14H24N2/c1-14(2,3)12-6-8-13(9-7-12)15-10-11-16(4)5/h6-9,15H,10-11H2,1-5H3. The Morgan fingerprint density at radius 2 is 1.62 bits per heavy atom. The number of nitrogens with zero attached hydrogens (tertiary/aromatic N) is 1. The maximum atomic E-state index is 3.41. The van der Waals surface area contributed by atoms with Crippen molar-refractivity contribution in [1.29, 1.82) is 0 Å². The van der Waals surface area contributed by atoms with E-state index in [-0.39, 0.29) is 5.41 Å². The van der Waals surface area contributed by atoms with Crippen molar-refractivity contribution in [3.8, 4) is 0 Å². The van der Waals surface area contributed by atoms with E-state index >= 15 is 0 Å². The van der Waals surface area contributed by atoms with Crippen LogP contribution in [0.4, 0.5) is 5.69 Å². The first-order chi connectivity index (χ1) is 7.39. The fraction of sp³-hybridized carbons (Fsp3) is 0.571. The normalized spacial score (nSPS) is 11.9. The molecule has 0 saturated carbocycles. The van der Waals surface area contributed by atoms with Gasteiger partial charge < -0.3 is 10.2 Å². The molecule has 0 aliphatic rings. The lowest BCUT2D eigenvalue weighted by Crippen LogP contribution is -2.20.